The van der Waals surface area contributed by atoms with Gasteiger partial charge in [-0.2, -0.15) is 0 Å². The maximum absolute atomic E-state index is 15.0. The van der Waals surface area contributed by atoms with E-state index in [9.17, 15) is 14.7 Å². The van der Waals surface area contributed by atoms with Crippen LogP contribution >= 0.6 is 23.4 Å². The molecule has 2 aromatic carbocycles. The van der Waals surface area contributed by atoms with Crippen LogP contribution in [0.2, 0.25) is 5.02 Å². The van der Waals surface area contributed by atoms with Gasteiger partial charge in [0.05, 0.1) is 39.9 Å². The van der Waals surface area contributed by atoms with Gasteiger partial charge in [0.15, 0.2) is 0 Å². The highest BCUT2D eigenvalue weighted by Gasteiger charge is 2.77. The molecule has 7 atom stereocenters. The first-order chi connectivity index (χ1) is 21.2. The van der Waals surface area contributed by atoms with Crippen LogP contribution in [-0.4, -0.2) is 80.9 Å². The van der Waals surface area contributed by atoms with Crippen LogP contribution in [0.15, 0.2) is 79.9 Å². The summed E-state index contributed by atoms with van der Waals surface area (Å²) < 4.78 is -0.837. The van der Waals surface area contributed by atoms with Gasteiger partial charge < -0.3 is 19.8 Å². The number of hydrogen-bond donors (Lipinski definition) is 1. The molecule has 3 saturated heterocycles. The summed E-state index contributed by atoms with van der Waals surface area (Å²) in [5.41, 5.74) is 1.49. The van der Waals surface area contributed by atoms with Crippen molar-refractivity contribution in [2.24, 2.45) is 17.8 Å². The van der Waals surface area contributed by atoms with Crippen LogP contribution in [0.25, 0.3) is 0 Å². The van der Waals surface area contributed by atoms with E-state index in [0.717, 1.165) is 18.4 Å². The first-order valence-corrected chi connectivity index (χ1v) is 16.7. The zero-order chi connectivity index (χ0) is 31.6. The average molecular weight is 636 g/mol. The van der Waals surface area contributed by atoms with Crippen molar-refractivity contribution in [3.05, 3.63) is 90.5 Å². The minimum absolute atomic E-state index is 0.0126. The molecule has 0 aromatic heterocycles. The van der Waals surface area contributed by atoms with E-state index in [0.29, 0.717) is 30.2 Å². The smallest absolute Gasteiger partial charge is 0.251 e. The Hall–Kier alpha value is -3.07. The number of thioether (sulfide) groups is 1. The number of fused-ring (bicyclic) bond motifs is 1. The van der Waals surface area contributed by atoms with Crippen molar-refractivity contribution in [1.29, 1.82) is 0 Å². The van der Waals surface area contributed by atoms with Gasteiger partial charge in [0.1, 0.15) is 6.04 Å². The van der Waals surface area contributed by atoms with E-state index in [4.69, 9.17) is 11.6 Å². The van der Waals surface area contributed by atoms with Gasteiger partial charge in [-0.15, -0.1) is 24.9 Å². The number of carbonyl (C=O) groups is 3. The topological polar surface area (TPSA) is 81.2 Å². The summed E-state index contributed by atoms with van der Waals surface area (Å²) in [6.07, 6.45) is 5.27. The van der Waals surface area contributed by atoms with Gasteiger partial charge in [-0.3, -0.25) is 14.4 Å². The lowest BCUT2D eigenvalue weighted by atomic mass is 9.65. The third-order valence-electron chi connectivity index (χ3n) is 9.50. The number of benzene rings is 2. The first kappa shape index (κ1) is 32.3. The van der Waals surface area contributed by atoms with Gasteiger partial charge in [-0.1, -0.05) is 80.1 Å². The number of carbonyl (C=O) groups excluding carboxylic acids is 3. The summed E-state index contributed by atoms with van der Waals surface area (Å²) >= 11 is 8.27. The molecule has 3 aliphatic heterocycles. The second kappa shape index (κ2) is 13.5. The Bertz CT molecular complexity index is 1410. The van der Waals surface area contributed by atoms with Gasteiger partial charge in [-0.05, 0) is 42.9 Å². The summed E-state index contributed by atoms with van der Waals surface area (Å²) in [4.78, 5) is 49.2. The molecule has 234 valence electrons. The molecule has 2 aromatic rings. The molecule has 0 radical (unpaired) electrons. The Balaban J connectivity index is 1.65. The monoisotopic (exact) mass is 635 g/mol. The largest absolute Gasteiger partial charge is 0.394 e. The van der Waals surface area contributed by atoms with E-state index in [1.807, 2.05) is 49.4 Å². The molecule has 1 N–H and O–H groups in total. The standard InChI is InChI=1S/C35H42ClN3O4S/c1-5-17-37(18-6-2)32(41)29-28-20-23(4)35(44-28)30(29)33(42)39(25(22-40)21-24-13-9-8-10-14-24)31(35)34(43)38(19-7-3)27-16-12-11-15-26(27)36/h5,7-16,23,25,28-31,40H,1,3,6,17-22H2,2,4H3/t23?,25-,28-,29+,30+,31?,35?/m1/s1. The predicted molar refractivity (Wildman–Crippen MR) is 178 cm³/mol. The number of halogens is 1. The molecule has 0 aliphatic carbocycles. The second-order valence-corrected chi connectivity index (χ2v) is 14.0. The van der Waals surface area contributed by atoms with Crippen molar-refractivity contribution in [3.63, 3.8) is 0 Å². The van der Waals surface area contributed by atoms with Gasteiger partial charge in [0.25, 0.3) is 5.91 Å². The van der Waals surface area contributed by atoms with Crippen molar-refractivity contribution in [1.82, 2.24) is 9.80 Å². The lowest BCUT2D eigenvalue weighted by Crippen LogP contribution is -2.59. The highest BCUT2D eigenvalue weighted by molar-refractivity contribution is 8.02. The minimum atomic E-state index is -0.904. The molecule has 3 aliphatic rings. The van der Waals surface area contributed by atoms with Gasteiger partial charge in [0, 0.05) is 24.9 Å². The van der Waals surface area contributed by atoms with Crippen molar-refractivity contribution < 1.29 is 19.5 Å². The van der Waals surface area contributed by atoms with Crippen LogP contribution in [-0.2, 0) is 20.8 Å². The van der Waals surface area contributed by atoms with E-state index >= 15 is 4.79 Å². The molecule has 7 nitrogen and oxygen atoms in total. The zero-order valence-electron chi connectivity index (χ0n) is 25.5. The van der Waals surface area contributed by atoms with Crippen LogP contribution in [0.1, 0.15) is 32.3 Å². The molecule has 2 bridgehead atoms. The summed E-state index contributed by atoms with van der Waals surface area (Å²) in [5, 5.41) is 11.2. The first-order valence-electron chi connectivity index (χ1n) is 15.5. The number of aliphatic hydroxyl groups is 1. The molecule has 3 heterocycles. The highest BCUT2D eigenvalue weighted by Crippen LogP contribution is 2.69. The molecule has 3 amide bonds. The fourth-order valence-corrected chi connectivity index (χ4v) is 10.4. The van der Waals surface area contributed by atoms with Crippen molar-refractivity contribution in [3.8, 4) is 0 Å². The predicted octanol–water partition coefficient (Wildman–Crippen LogP) is 5.22. The molecule has 44 heavy (non-hydrogen) atoms. The maximum Gasteiger partial charge on any atom is 0.251 e. The Morgan fingerprint density at radius 3 is 2.43 bits per heavy atom. The van der Waals surface area contributed by atoms with Crippen LogP contribution < -0.4 is 4.90 Å². The molecule has 9 heteroatoms. The number of likely N-dealkylation sites (tertiary alicyclic amines) is 1. The van der Waals surface area contributed by atoms with Crippen molar-refractivity contribution in [2.75, 3.05) is 31.1 Å². The average Bonchev–Trinajstić information content (AvgIpc) is 3.62. The second-order valence-electron chi connectivity index (χ2n) is 12.1. The van der Waals surface area contributed by atoms with Crippen LogP contribution in [0.5, 0.6) is 0 Å². The fraction of sp³-hybridized carbons (Fsp3) is 0.457. The lowest BCUT2D eigenvalue weighted by molar-refractivity contribution is -0.145. The number of aliphatic hydroxyl groups excluding tert-OH is 1. The summed E-state index contributed by atoms with van der Waals surface area (Å²) in [5.74, 6) is -1.81. The molecule has 5 rings (SSSR count). The fourth-order valence-electron chi connectivity index (χ4n) is 7.73. The van der Waals surface area contributed by atoms with E-state index < -0.39 is 28.7 Å². The van der Waals surface area contributed by atoms with Crippen molar-refractivity contribution in [2.45, 2.75) is 55.2 Å². The van der Waals surface area contributed by atoms with Crippen LogP contribution in [0, 0.1) is 17.8 Å². The Morgan fingerprint density at radius 1 is 1.11 bits per heavy atom. The number of anilines is 1. The molecule has 0 saturated carbocycles. The lowest BCUT2D eigenvalue weighted by Gasteiger charge is -2.42. The van der Waals surface area contributed by atoms with Gasteiger partial charge >= 0.3 is 0 Å². The van der Waals surface area contributed by atoms with E-state index in [-0.39, 0.29) is 42.0 Å². The number of rotatable bonds is 13. The maximum atomic E-state index is 15.0. The van der Waals surface area contributed by atoms with Gasteiger partial charge in [-0.25, -0.2) is 0 Å². The van der Waals surface area contributed by atoms with E-state index in [1.165, 1.54) is 0 Å². The number of nitrogens with zero attached hydrogens (tertiary/aromatic N) is 3. The number of para-hydroxylation sites is 1. The van der Waals surface area contributed by atoms with Crippen molar-refractivity contribution >= 4 is 46.8 Å². The van der Waals surface area contributed by atoms with E-state index in [1.54, 1.807) is 50.7 Å². The quantitative estimate of drug-likeness (QED) is 0.305. The number of amides is 3. The molecule has 3 unspecified atom stereocenters. The summed E-state index contributed by atoms with van der Waals surface area (Å²) in [6.45, 7) is 12.7. The third-order valence-corrected chi connectivity index (χ3v) is 11.9. The van der Waals surface area contributed by atoms with Crippen LogP contribution in [0.3, 0.4) is 0 Å². The third kappa shape index (κ3) is 5.39. The Kier molecular flexibility index (Phi) is 9.93. The molecule has 1 spiro atoms. The Labute approximate surface area is 269 Å². The highest BCUT2D eigenvalue weighted by atomic mass is 35.5. The normalized spacial score (nSPS) is 27.6. The molecular weight excluding hydrogens is 594 g/mol. The van der Waals surface area contributed by atoms with Gasteiger partial charge in [0.2, 0.25) is 11.8 Å². The number of hydrogen-bond acceptors (Lipinski definition) is 5. The Morgan fingerprint density at radius 2 is 1.80 bits per heavy atom. The van der Waals surface area contributed by atoms with Crippen LogP contribution in [0.4, 0.5) is 5.69 Å². The molecule has 3 fully saturated rings. The SMILES string of the molecule is C=CCN(CCC)C(=O)[C@@H]1[C@H]2C(=O)N([C@@H](CO)Cc3ccccc3)C(C(=O)N(CC=C)c3ccccc3Cl)C23S[C@@H]1CC3C. The summed E-state index contributed by atoms with van der Waals surface area (Å²) in [6, 6.07) is 15.3. The summed E-state index contributed by atoms with van der Waals surface area (Å²) in [7, 11) is 0. The van der Waals surface area contributed by atoms with E-state index in [2.05, 4.69) is 20.1 Å². The molecular formula is C35H42ClN3O4S. The zero-order valence-corrected chi connectivity index (χ0v) is 27.1. The minimum Gasteiger partial charge on any atom is -0.394 e.